The summed E-state index contributed by atoms with van der Waals surface area (Å²) in [6.45, 7) is 1.28. The zero-order valence-electron chi connectivity index (χ0n) is 19.4. The summed E-state index contributed by atoms with van der Waals surface area (Å²) in [5.41, 5.74) is -4.13. The van der Waals surface area contributed by atoms with Gasteiger partial charge in [0.2, 0.25) is 5.82 Å². The molecule has 0 fully saturated rings. The number of anilines is 1. The Morgan fingerprint density at radius 1 is 0.946 bits per heavy atom. The van der Waals surface area contributed by atoms with E-state index in [9.17, 15) is 37.7 Å². The molecule has 0 aliphatic carbocycles. The van der Waals surface area contributed by atoms with Crippen LogP contribution in [-0.4, -0.2) is 25.3 Å². The number of aliphatic hydroxyl groups is 1. The van der Waals surface area contributed by atoms with E-state index in [1.165, 1.54) is 24.3 Å². The molecular formula is C26H17F5N4O2. The largest absolute Gasteiger partial charge is 0.474 e. The van der Waals surface area contributed by atoms with E-state index in [2.05, 4.69) is 0 Å². The van der Waals surface area contributed by atoms with Gasteiger partial charge in [-0.15, -0.1) is 0 Å². The van der Waals surface area contributed by atoms with Crippen LogP contribution in [0.1, 0.15) is 18.1 Å². The SMILES string of the molecule is CN(CCO)c1ccc(C=CC2=C(C#N)C(=C(C#N)C#N)OC2(C)c2c(F)c(F)c(F)c(F)c2F)cc1. The second kappa shape index (κ2) is 10.5. The van der Waals surface area contributed by atoms with Gasteiger partial charge in [-0.2, -0.15) is 15.8 Å². The summed E-state index contributed by atoms with van der Waals surface area (Å²) in [6, 6.07) is 11.4. The first-order chi connectivity index (χ1) is 17.5. The quantitative estimate of drug-likeness (QED) is 0.256. The van der Waals surface area contributed by atoms with Crippen molar-refractivity contribution in [3.63, 3.8) is 0 Å². The van der Waals surface area contributed by atoms with E-state index in [1.807, 2.05) is 0 Å². The van der Waals surface area contributed by atoms with Crippen molar-refractivity contribution in [3.05, 3.63) is 93.0 Å². The molecule has 1 aliphatic heterocycles. The van der Waals surface area contributed by atoms with E-state index in [1.54, 1.807) is 42.3 Å². The van der Waals surface area contributed by atoms with Gasteiger partial charge in [-0.05, 0) is 24.6 Å². The summed E-state index contributed by atoms with van der Waals surface area (Å²) in [6.07, 6.45) is 2.58. The zero-order chi connectivity index (χ0) is 27.5. The second-order valence-corrected chi connectivity index (χ2v) is 7.98. The van der Waals surface area contributed by atoms with Crippen LogP contribution in [-0.2, 0) is 10.3 Å². The average molecular weight is 512 g/mol. The molecule has 1 aliphatic rings. The van der Waals surface area contributed by atoms with Crippen LogP contribution in [0, 0.1) is 63.1 Å². The highest BCUT2D eigenvalue weighted by molar-refractivity contribution is 5.66. The van der Waals surface area contributed by atoms with Crippen LogP contribution in [0.2, 0.25) is 0 Å². The lowest BCUT2D eigenvalue weighted by Crippen LogP contribution is -2.28. The van der Waals surface area contributed by atoms with Gasteiger partial charge in [0.15, 0.2) is 40.2 Å². The molecule has 1 unspecified atom stereocenters. The normalized spacial score (nSPS) is 16.8. The van der Waals surface area contributed by atoms with Crippen molar-refractivity contribution in [2.24, 2.45) is 0 Å². The summed E-state index contributed by atoms with van der Waals surface area (Å²) in [5.74, 6) is -11.8. The molecule has 2 aromatic rings. The van der Waals surface area contributed by atoms with Gasteiger partial charge in [-0.1, -0.05) is 24.3 Å². The van der Waals surface area contributed by atoms with E-state index < -0.39 is 57.2 Å². The highest BCUT2D eigenvalue weighted by Crippen LogP contribution is 2.49. The molecule has 1 N–H and O–H groups in total. The summed E-state index contributed by atoms with van der Waals surface area (Å²) in [4.78, 5) is 1.78. The molecule has 2 aromatic carbocycles. The third-order valence-corrected chi connectivity index (χ3v) is 5.78. The number of likely N-dealkylation sites (N-methyl/N-ethyl adjacent to an activating group) is 1. The number of hydrogen-bond donors (Lipinski definition) is 1. The summed E-state index contributed by atoms with van der Waals surface area (Å²) in [5, 5.41) is 37.4. The topological polar surface area (TPSA) is 104 Å². The Labute approximate surface area is 208 Å². The maximum absolute atomic E-state index is 14.8. The highest BCUT2D eigenvalue weighted by Gasteiger charge is 2.49. The van der Waals surface area contributed by atoms with Gasteiger partial charge in [0.05, 0.1) is 12.2 Å². The molecule has 11 heteroatoms. The minimum absolute atomic E-state index is 0.0667. The van der Waals surface area contributed by atoms with E-state index in [0.717, 1.165) is 12.6 Å². The molecule has 0 bridgehead atoms. The number of aliphatic hydroxyl groups excluding tert-OH is 1. The Morgan fingerprint density at radius 2 is 1.49 bits per heavy atom. The predicted octanol–water partition coefficient (Wildman–Crippen LogP) is 4.89. The average Bonchev–Trinajstić information content (AvgIpc) is 3.17. The van der Waals surface area contributed by atoms with Crippen LogP contribution in [0.15, 0.2) is 52.8 Å². The number of ether oxygens (including phenoxy) is 1. The van der Waals surface area contributed by atoms with Crippen LogP contribution >= 0.6 is 0 Å². The molecule has 188 valence electrons. The van der Waals surface area contributed by atoms with Crippen LogP contribution in [0.5, 0.6) is 0 Å². The molecular weight excluding hydrogens is 495 g/mol. The predicted molar refractivity (Wildman–Crippen MR) is 121 cm³/mol. The monoisotopic (exact) mass is 512 g/mol. The van der Waals surface area contributed by atoms with Gasteiger partial charge < -0.3 is 14.7 Å². The standard InChI is InChI=1S/C26H17F5N4O2/c1-26(19-20(27)22(29)24(31)23(30)21(19)28)18(17(13-34)25(37-26)15(11-32)12-33)8-5-14-3-6-16(7-4-14)35(2)9-10-36/h3-8,36H,9-10H2,1-2H3. The molecule has 0 saturated heterocycles. The van der Waals surface area contributed by atoms with Crippen LogP contribution in [0.25, 0.3) is 6.08 Å². The highest BCUT2D eigenvalue weighted by atomic mass is 19.2. The third-order valence-electron chi connectivity index (χ3n) is 5.78. The Balaban J connectivity index is 2.25. The van der Waals surface area contributed by atoms with Crippen molar-refractivity contribution in [2.75, 3.05) is 25.1 Å². The number of benzene rings is 2. The fourth-order valence-corrected chi connectivity index (χ4v) is 3.83. The second-order valence-electron chi connectivity index (χ2n) is 7.98. The van der Waals surface area contributed by atoms with E-state index in [0.29, 0.717) is 12.1 Å². The maximum Gasteiger partial charge on any atom is 0.200 e. The van der Waals surface area contributed by atoms with Crippen molar-refractivity contribution in [1.29, 1.82) is 15.8 Å². The molecule has 37 heavy (non-hydrogen) atoms. The summed E-state index contributed by atoms with van der Waals surface area (Å²) in [7, 11) is 1.76. The lowest BCUT2D eigenvalue weighted by molar-refractivity contribution is 0.0660. The lowest BCUT2D eigenvalue weighted by Gasteiger charge is -2.28. The number of nitriles is 3. The van der Waals surface area contributed by atoms with Gasteiger partial charge in [0.25, 0.3) is 0 Å². The van der Waals surface area contributed by atoms with Crippen LogP contribution in [0.4, 0.5) is 27.6 Å². The minimum Gasteiger partial charge on any atom is -0.474 e. The number of halogens is 5. The molecule has 0 radical (unpaired) electrons. The summed E-state index contributed by atoms with van der Waals surface area (Å²) >= 11 is 0. The molecule has 6 nitrogen and oxygen atoms in total. The lowest BCUT2D eigenvalue weighted by atomic mass is 9.85. The smallest absolute Gasteiger partial charge is 0.200 e. The van der Waals surface area contributed by atoms with E-state index in [-0.39, 0.29) is 12.2 Å². The molecule has 0 amide bonds. The first kappa shape index (κ1) is 26.9. The Bertz CT molecular complexity index is 1430. The number of allylic oxidation sites excluding steroid dienone is 2. The van der Waals surface area contributed by atoms with Gasteiger partial charge in [-0.25, -0.2) is 22.0 Å². The Hall–Kier alpha value is -4.66. The first-order valence-electron chi connectivity index (χ1n) is 10.6. The van der Waals surface area contributed by atoms with Gasteiger partial charge in [0.1, 0.15) is 23.8 Å². The molecule has 1 atom stereocenters. The van der Waals surface area contributed by atoms with Gasteiger partial charge >= 0.3 is 0 Å². The molecule has 0 saturated carbocycles. The van der Waals surface area contributed by atoms with Gasteiger partial charge in [0, 0.05) is 24.9 Å². The van der Waals surface area contributed by atoms with Crippen LogP contribution < -0.4 is 4.90 Å². The first-order valence-corrected chi connectivity index (χ1v) is 10.6. The fourth-order valence-electron chi connectivity index (χ4n) is 3.83. The number of nitrogens with zero attached hydrogens (tertiary/aromatic N) is 4. The molecule has 0 spiro atoms. The molecule has 1 heterocycles. The maximum atomic E-state index is 14.8. The minimum atomic E-state index is -2.47. The van der Waals surface area contributed by atoms with E-state index in [4.69, 9.17) is 9.84 Å². The van der Waals surface area contributed by atoms with Crippen molar-refractivity contribution in [2.45, 2.75) is 12.5 Å². The Morgan fingerprint density at radius 3 is 1.97 bits per heavy atom. The van der Waals surface area contributed by atoms with Gasteiger partial charge in [-0.3, -0.25) is 0 Å². The van der Waals surface area contributed by atoms with Crippen molar-refractivity contribution in [1.82, 2.24) is 0 Å². The summed E-state index contributed by atoms with van der Waals surface area (Å²) < 4.78 is 77.0. The molecule has 3 rings (SSSR count). The fraction of sp³-hybridized carbons (Fsp3) is 0.192. The van der Waals surface area contributed by atoms with E-state index >= 15 is 0 Å². The zero-order valence-corrected chi connectivity index (χ0v) is 19.4. The third kappa shape index (κ3) is 4.63. The Kier molecular flexibility index (Phi) is 7.67. The number of rotatable bonds is 6. The van der Waals surface area contributed by atoms with Crippen molar-refractivity contribution >= 4 is 11.8 Å². The number of hydrogen-bond acceptors (Lipinski definition) is 6. The van der Waals surface area contributed by atoms with Crippen LogP contribution in [0.3, 0.4) is 0 Å². The van der Waals surface area contributed by atoms with Crippen molar-refractivity contribution in [3.8, 4) is 18.2 Å². The molecule has 0 aromatic heterocycles. The van der Waals surface area contributed by atoms with Crippen molar-refractivity contribution < 1.29 is 31.8 Å².